The summed E-state index contributed by atoms with van der Waals surface area (Å²) in [7, 11) is 0. The van der Waals surface area contributed by atoms with Crippen molar-refractivity contribution in [2.75, 3.05) is 0 Å². The van der Waals surface area contributed by atoms with Gasteiger partial charge >= 0.3 is 29.6 Å². The molecule has 3 aliphatic rings. The van der Waals surface area contributed by atoms with Crippen molar-refractivity contribution in [3.8, 4) is 0 Å². The molecular formula is C12H8N3NaO3S2. The predicted octanol–water partition coefficient (Wildman–Crippen LogP) is -3.02. The van der Waals surface area contributed by atoms with Crippen molar-refractivity contribution >= 4 is 41.5 Å². The number of aromatic nitrogens is 2. The van der Waals surface area contributed by atoms with E-state index >= 15 is 0 Å². The zero-order chi connectivity index (χ0) is 13.9. The maximum atomic E-state index is 12.0. The zero-order valence-electron chi connectivity index (χ0n) is 11.1. The minimum Gasteiger partial charge on any atom is -0.543 e. The van der Waals surface area contributed by atoms with Crippen LogP contribution in [0.3, 0.4) is 0 Å². The summed E-state index contributed by atoms with van der Waals surface area (Å²) in [5.41, 5.74) is 2.45. The number of carbonyl (C=O) groups is 2. The maximum absolute atomic E-state index is 12.0. The zero-order valence-corrected chi connectivity index (χ0v) is 14.7. The molecule has 6 nitrogen and oxygen atoms in total. The molecular weight excluding hydrogens is 321 g/mol. The van der Waals surface area contributed by atoms with E-state index in [1.165, 1.54) is 22.1 Å². The van der Waals surface area contributed by atoms with E-state index in [4.69, 9.17) is 0 Å². The van der Waals surface area contributed by atoms with E-state index in [1.54, 1.807) is 17.8 Å². The van der Waals surface area contributed by atoms with Crippen molar-refractivity contribution in [2.45, 2.75) is 17.0 Å². The fourth-order valence-corrected chi connectivity index (χ4v) is 4.47. The molecule has 1 fully saturated rings. The third-order valence-electron chi connectivity index (χ3n) is 3.39. The summed E-state index contributed by atoms with van der Waals surface area (Å²) in [6, 6.07) is 1.97. The number of aliphatic carboxylic acids is 1. The second-order valence-corrected chi connectivity index (χ2v) is 6.50. The van der Waals surface area contributed by atoms with E-state index < -0.39 is 5.97 Å². The Kier molecular flexibility index (Phi) is 4.00. The fraction of sp³-hybridized carbons (Fsp3) is 0.250. The Morgan fingerprint density at radius 1 is 1.52 bits per heavy atom. The second kappa shape index (κ2) is 5.51. The maximum Gasteiger partial charge on any atom is 1.00 e. The molecule has 1 atom stereocenters. The monoisotopic (exact) mass is 329 g/mol. The molecule has 0 aromatic carbocycles. The Bertz CT molecular complexity index is 691. The van der Waals surface area contributed by atoms with E-state index in [-0.39, 0.29) is 46.5 Å². The van der Waals surface area contributed by atoms with Crippen molar-refractivity contribution in [3.05, 3.63) is 34.1 Å². The van der Waals surface area contributed by atoms with Crippen LogP contribution in [0.15, 0.2) is 22.7 Å². The van der Waals surface area contributed by atoms with Gasteiger partial charge in [-0.1, -0.05) is 0 Å². The van der Waals surface area contributed by atoms with Gasteiger partial charge in [-0.25, -0.2) is 0 Å². The van der Waals surface area contributed by atoms with Gasteiger partial charge in [0.2, 0.25) is 0 Å². The predicted molar refractivity (Wildman–Crippen MR) is 72.8 cm³/mol. The van der Waals surface area contributed by atoms with E-state index in [1.807, 2.05) is 10.7 Å². The molecule has 1 amide bonds. The summed E-state index contributed by atoms with van der Waals surface area (Å²) in [5, 5.41) is 16.5. The minimum atomic E-state index is -1.31. The van der Waals surface area contributed by atoms with Crippen molar-refractivity contribution in [2.24, 2.45) is 0 Å². The number of thioether (sulfide) groups is 2. The summed E-state index contributed by atoms with van der Waals surface area (Å²) in [4.78, 5) is 24.1. The molecule has 4 heterocycles. The number of carboxylic acid groups (broad SMARTS) is 1. The number of carboxylic acids is 1. The summed E-state index contributed by atoms with van der Waals surface area (Å²) in [6.07, 6.45) is 1.75. The van der Waals surface area contributed by atoms with Crippen molar-refractivity contribution in [1.29, 1.82) is 0 Å². The molecule has 0 aliphatic carbocycles. The first kappa shape index (κ1) is 15.2. The van der Waals surface area contributed by atoms with E-state index in [2.05, 4.69) is 5.10 Å². The van der Waals surface area contributed by atoms with Gasteiger partial charge in [-0.05, 0) is 17.6 Å². The normalized spacial score (nSPS) is 24.3. The molecule has 0 unspecified atom stereocenters. The molecule has 1 aromatic heterocycles. The Balaban J connectivity index is 0.00000132. The average molecular weight is 329 g/mol. The standard InChI is InChI=1S/C12H9N3O3S2.Na/c16-10-8(11-15(10)9(4-20-11)12(17)18)2-6-1-7-3-19-5-14(7)13-6;/h1-2,4,11H,3,5H2,(H,17,18);/q;+1/p-1/b8-2-;/t11-;/m1./s1. The summed E-state index contributed by atoms with van der Waals surface area (Å²) < 4.78 is 1.92. The molecule has 0 radical (unpaired) electrons. The van der Waals surface area contributed by atoms with Gasteiger partial charge in [0.1, 0.15) is 5.37 Å². The first-order valence-electron chi connectivity index (χ1n) is 5.92. The molecule has 21 heavy (non-hydrogen) atoms. The first-order chi connectivity index (χ1) is 9.65. The summed E-state index contributed by atoms with van der Waals surface area (Å²) >= 11 is 3.10. The number of amides is 1. The van der Waals surface area contributed by atoms with Crippen molar-refractivity contribution < 1.29 is 44.3 Å². The van der Waals surface area contributed by atoms with Gasteiger partial charge < -0.3 is 9.90 Å². The number of hydrogen-bond donors (Lipinski definition) is 0. The fourth-order valence-electron chi connectivity index (χ4n) is 2.43. The molecule has 1 saturated heterocycles. The van der Waals surface area contributed by atoms with Crippen LogP contribution in [0.25, 0.3) is 6.08 Å². The number of hydrogen-bond acceptors (Lipinski definition) is 6. The van der Waals surface area contributed by atoms with Crippen LogP contribution < -0.4 is 34.7 Å². The van der Waals surface area contributed by atoms with Crippen LogP contribution in [0.5, 0.6) is 0 Å². The van der Waals surface area contributed by atoms with Gasteiger partial charge in [-0.3, -0.25) is 14.4 Å². The number of rotatable bonds is 2. The van der Waals surface area contributed by atoms with E-state index in [0.717, 1.165) is 23.0 Å². The van der Waals surface area contributed by atoms with Crippen LogP contribution >= 0.6 is 23.5 Å². The first-order valence-corrected chi connectivity index (χ1v) is 8.01. The molecule has 3 aliphatic heterocycles. The van der Waals surface area contributed by atoms with Gasteiger partial charge in [0.15, 0.2) is 0 Å². The Labute approximate surface area is 150 Å². The Morgan fingerprint density at radius 3 is 3.05 bits per heavy atom. The average Bonchev–Trinajstić information content (AvgIpc) is 3.07. The van der Waals surface area contributed by atoms with Gasteiger partial charge in [-0.2, -0.15) is 5.10 Å². The number of nitrogens with zero attached hydrogens (tertiary/aromatic N) is 3. The van der Waals surface area contributed by atoms with E-state index in [0.29, 0.717) is 5.57 Å². The molecule has 1 aromatic rings. The smallest absolute Gasteiger partial charge is 0.543 e. The minimum absolute atomic E-state index is 0. The van der Waals surface area contributed by atoms with Gasteiger partial charge in [0, 0.05) is 11.4 Å². The van der Waals surface area contributed by atoms with Gasteiger partial charge in [-0.15, -0.1) is 23.5 Å². The Morgan fingerprint density at radius 2 is 2.33 bits per heavy atom. The third-order valence-corrected chi connectivity index (χ3v) is 5.40. The molecule has 0 N–H and O–H groups in total. The molecule has 102 valence electrons. The largest absolute Gasteiger partial charge is 1.00 e. The third kappa shape index (κ3) is 2.29. The van der Waals surface area contributed by atoms with Crippen molar-refractivity contribution in [1.82, 2.24) is 14.7 Å². The summed E-state index contributed by atoms with van der Waals surface area (Å²) in [5.74, 6) is 0.182. The Hall–Kier alpha value is -0.670. The molecule has 0 saturated carbocycles. The van der Waals surface area contributed by atoms with E-state index in [9.17, 15) is 14.7 Å². The van der Waals surface area contributed by atoms with Crippen LogP contribution in [0.1, 0.15) is 11.4 Å². The SMILES string of the molecule is O=C([O-])C1=CS[C@@H]2/C(=C\c3cc4n(n3)CSC4)C(=O)N12.[Na+]. The number of β-lactam (4-membered cyclic amide) rings is 1. The van der Waals surface area contributed by atoms with Crippen molar-refractivity contribution in [3.63, 3.8) is 0 Å². The van der Waals surface area contributed by atoms with Crippen LogP contribution in [0.2, 0.25) is 0 Å². The molecule has 9 heteroatoms. The topological polar surface area (TPSA) is 78.3 Å². The van der Waals surface area contributed by atoms with Crippen LogP contribution in [-0.4, -0.2) is 31.9 Å². The quantitative estimate of drug-likeness (QED) is 0.327. The molecule has 0 spiro atoms. The van der Waals surface area contributed by atoms with Crippen LogP contribution in [0, 0.1) is 0 Å². The molecule has 4 rings (SSSR count). The summed E-state index contributed by atoms with van der Waals surface area (Å²) in [6.45, 7) is 0. The van der Waals surface area contributed by atoms with Gasteiger partial charge in [0.05, 0.1) is 28.8 Å². The number of fused-ring (bicyclic) bond motifs is 2. The second-order valence-electron chi connectivity index (χ2n) is 4.59. The molecule has 0 bridgehead atoms. The van der Waals surface area contributed by atoms with Crippen LogP contribution in [-0.2, 0) is 21.2 Å². The van der Waals surface area contributed by atoms with Gasteiger partial charge in [0.25, 0.3) is 5.91 Å². The van der Waals surface area contributed by atoms with Crippen LogP contribution in [0.4, 0.5) is 0 Å². The number of carbonyl (C=O) groups excluding carboxylic acids is 2.